The summed E-state index contributed by atoms with van der Waals surface area (Å²) in [4.78, 5) is 15.7. The van der Waals surface area contributed by atoms with Crippen LogP contribution in [0.5, 0.6) is 0 Å². The van der Waals surface area contributed by atoms with Gasteiger partial charge >= 0.3 is 0 Å². The van der Waals surface area contributed by atoms with E-state index in [1.165, 1.54) is 5.56 Å². The second-order valence-corrected chi connectivity index (χ2v) is 7.86. The summed E-state index contributed by atoms with van der Waals surface area (Å²) >= 11 is 5.81. The van der Waals surface area contributed by atoms with Crippen LogP contribution in [0.25, 0.3) is 22.8 Å². The third-order valence-corrected chi connectivity index (χ3v) is 5.21. The molecule has 0 unspecified atom stereocenters. The lowest BCUT2D eigenvalue weighted by Gasteiger charge is -2.14. The van der Waals surface area contributed by atoms with Crippen LogP contribution in [0, 0.1) is 11.6 Å². The van der Waals surface area contributed by atoms with E-state index in [1.807, 2.05) is 48.0 Å². The van der Waals surface area contributed by atoms with Crippen molar-refractivity contribution in [3.63, 3.8) is 0 Å². The van der Waals surface area contributed by atoms with Crippen LogP contribution in [0.1, 0.15) is 24.5 Å². The minimum absolute atomic E-state index is 0.245. The van der Waals surface area contributed by atoms with E-state index in [0.29, 0.717) is 13.0 Å². The molecule has 0 saturated carbocycles. The van der Waals surface area contributed by atoms with Crippen LogP contribution in [0.3, 0.4) is 0 Å². The number of allylic oxidation sites excluding steroid dienone is 1. The maximum atomic E-state index is 9.59. The molecule has 4 aromatic rings. The lowest BCUT2D eigenvalue weighted by atomic mass is 10.1. The Labute approximate surface area is 192 Å². The maximum absolute atomic E-state index is 9.59. The average Bonchev–Trinajstić information content (AvgIpc) is 3.22. The molecule has 9 heteroatoms. The molecule has 8 nitrogen and oxygen atoms in total. The predicted molar refractivity (Wildman–Crippen MR) is 131 cm³/mol. The van der Waals surface area contributed by atoms with Crippen LogP contribution >= 0.6 is 12.2 Å². The number of hydrogen-bond acceptors (Lipinski definition) is 6. The first-order valence-corrected chi connectivity index (χ1v) is 10.6. The molecular formula is C23H27N7OS. The van der Waals surface area contributed by atoms with Gasteiger partial charge in [0.25, 0.3) is 0 Å². The number of hydrogen-bond donors (Lipinski definition) is 1. The van der Waals surface area contributed by atoms with Crippen molar-refractivity contribution in [2.75, 3.05) is 19.0 Å². The molecule has 0 aliphatic carbocycles. The zero-order valence-electron chi connectivity index (χ0n) is 18.7. The Balaban J connectivity index is 0.000000523. The molecule has 1 aromatic carbocycles. The largest absolute Gasteiger partial charge is 0.370 e. The number of pyridine rings is 1. The Morgan fingerprint density at radius 3 is 2.62 bits per heavy atom. The van der Waals surface area contributed by atoms with Gasteiger partial charge in [-0.05, 0) is 30.7 Å². The highest BCUT2D eigenvalue weighted by atomic mass is 32.1. The van der Waals surface area contributed by atoms with Crippen molar-refractivity contribution in [3.05, 3.63) is 64.6 Å². The maximum Gasteiger partial charge on any atom is 0.238 e. The van der Waals surface area contributed by atoms with Gasteiger partial charge in [0.05, 0.1) is 5.52 Å². The Bertz CT molecular complexity index is 1320. The lowest BCUT2D eigenvalue weighted by Crippen LogP contribution is -2.14. The van der Waals surface area contributed by atoms with Crippen LogP contribution in [0.2, 0.25) is 0 Å². The van der Waals surface area contributed by atoms with Gasteiger partial charge in [0, 0.05) is 44.8 Å². The summed E-state index contributed by atoms with van der Waals surface area (Å²) in [6, 6.07) is 10.2. The molecule has 2 N–H and O–H groups in total. The molecule has 3 heterocycles. The number of fused-ring (bicyclic) bond motifs is 3. The van der Waals surface area contributed by atoms with Crippen molar-refractivity contribution >= 4 is 46.8 Å². The molecule has 0 bridgehead atoms. The van der Waals surface area contributed by atoms with Gasteiger partial charge in [0.1, 0.15) is 4.64 Å². The van der Waals surface area contributed by atoms with E-state index in [-0.39, 0.29) is 5.91 Å². The first-order valence-electron chi connectivity index (χ1n) is 10.2. The standard InChI is InChI=1S/C20H20N6S.C3H7NO/c1-14-8-9-17-16(12-14)18(27)25(11-5-7-15-6-4-10-21-13-15)20-23-22-19(24(2)3)26(17)20;1-2-3(4)5/h4-10,12-13H,11H2,1-3H3;2H2,1H3,(H2,4,5). The summed E-state index contributed by atoms with van der Waals surface area (Å²) in [5.74, 6) is 1.26. The Kier molecular flexibility index (Phi) is 7.32. The number of primary amides is 1. The number of nitrogens with two attached hydrogens (primary N) is 1. The van der Waals surface area contributed by atoms with Gasteiger partial charge in [0.15, 0.2) is 0 Å². The molecule has 32 heavy (non-hydrogen) atoms. The molecule has 4 rings (SSSR count). The molecule has 0 aliphatic rings. The van der Waals surface area contributed by atoms with Gasteiger partial charge in [-0.15, -0.1) is 10.2 Å². The lowest BCUT2D eigenvalue weighted by molar-refractivity contribution is -0.117. The number of aromatic nitrogens is 5. The normalized spacial score (nSPS) is 11.0. The summed E-state index contributed by atoms with van der Waals surface area (Å²) in [5.41, 5.74) is 7.89. The molecule has 3 aromatic heterocycles. The van der Waals surface area contributed by atoms with Crippen LogP contribution in [-0.4, -0.2) is 44.2 Å². The second kappa shape index (κ2) is 10.1. The topological polar surface area (TPSA) is 94.3 Å². The molecule has 166 valence electrons. The Morgan fingerprint density at radius 1 is 1.25 bits per heavy atom. The van der Waals surface area contributed by atoms with Crippen molar-refractivity contribution < 1.29 is 4.79 Å². The van der Waals surface area contributed by atoms with E-state index in [9.17, 15) is 4.79 Å². The molecule has 0 fully saturated rings. The number of nitrogens with zero attached hydrogens (tertiary/aromatic N) is 6. The highest BCUT2D eigenvalue weighted by molar-refractivity contribution is 7.71. The zero-order valence-corrected chi connectivity index (χ0v) is 19.5. The number of aryl methyl sites for hydroxylation is 1. The summed E-state index contributed by atoms with van der Waals surface area (Å²) in [6.07, 6.45) is 8.14. The minimum atomic E-state index is -0.245. The number of rotatable bonds is 5. The fraction of sp³-hybridized carbons (Fsp3) is 0.261. The first kappa shape index (κ1) is 23.1. The highest BCUT2D eigenvalue weighted by Gasteiger charge is 2.15. The number of amides is 1. The van der Waals surface area contributed by atoms with Crippen molar-refractivity contribution in [1.82, 2.24) is 24.1 Å². The van der Waals surface area contributed by atoms with Crippen LogP contribution in [-0.2, 0) is 11.3 Å². The van der Waals surface area contributed by atoms with Crippen LogP contribution in [0.4, 0.5) is 5.95 Å². The van der Waals surface area contributed by atoms with Crippen molar-refractivity contribution in [3.8, 4) is 0 Å². The second-order valence-electron chi connectivity index (χ2n) is 7.47. The number of anilines is 1. The van der Waals surface area contributed by atoms with E-state index >= 15 is 0 Å². The fourth-order valence-electron chi connectivity index (χ4n) is 3.13. The molecule has 0 aliphatic heterocycles. The molecular weight excluding hydrogens is 422 g/mol. The highest BCUT2D eigenvalue weighted by Crippen LogP contribution is 2.24. The third-order valence-electron chi connectivity index (χ3n) is 4.77. The summed E-state index contributed by atoms with van der Waals surface area (Å²) < 4.78 is 4.83. The van der Waals surface area contributed by atoms with E-state index in [4.69, 9.17) is 12.2 Å². The summed E-state index contributed by atoms with van der Waals surface area (Å²) in [5, 5.41) is 9.82. The van der Waals surface area contributed by atoms with Crippen molar-refractivity contribution in [2.24, 2.45) is 5.73 Å². The van der Waals surface area contributed by atoms with Gasteiger partial charge in [-0.1, -0.05) is 49.0 Å². The van der Waals surface area contributed by atoms with Gasteiger partial charge in [-0.2, -0.15) is 0 Å². The van der Waals surface area contributed by atoms with Gasteiger partial charge in [-0.25, -0.2) is 4.40 Å². The number of benzene rings is 1. The number of carbonyl (C=O) groups is 1. The van der Waals surface area contributed by atoms with Crippen molar-refractivity contribution in [2.45, 2.75) is 26.8 Å². The number of carbonyl (C=O) groups excluding carboxylic acids is 1. The van der Waals surface area contributed by atoms with Gasteiger partial charge in [0.2, 0.25) is 17.6 Å². The Morgan fingerprint density at radius 2 is 2.00 bits per heavy atom. The average molecular weight is 450 g/mol. The smallest absolute Gasteiger partial charge is 0.238 e. The monoisotopic (exact) mass is 449 g/mol. The van der Waals surface area contributed by atoms with Crippen molar-refractivity contribution in [1.29, 1.82) is 0 Å². The predicted octanol–water partition coefficient (Wildman–Crippen LogP) is 3.78. The van der Waals surface area contributed by atoms with E-state index < -0.39 is 0 Å². The molecule has 0 atom stereocenters. The Hall–Kier alpha value is -3.59. The SMILES string of the molecule is CCC(N)=O.Cc1ccc2c(c1)c(=S)n(CC=Cc1cccnc1)c1nnc(N(C)C)n21. The summed E-state index contributed by atoms with van der Waals surface area (Å²) in [6.45, 7) is 4.40. The van der Waals surface area contributed by atoms with E-state index in [1.54, 1.807) is 13.1 Å². The molecule has 1 amide bonds. The van der Waals surface area contributed by atoms with Crippen LogP contribution in [0.15, 0.2) is 48.8 Å². The van der Waals surface area contributed by atoms with Gasteiger partial charge in [-0.3, -0.25) is 14.3 Å². The van der Waals surface area contributed by atoms with Crippen LogP contribution < -0.4 is 10.6 Å². The molecule has 0 radical (unpaired) electrons. The molecule has 0 saturated heterocycles. The third kappa shape index (κ3) is 5.00. The van der Waals surface area contributed by atoms with Gasteiger partial charge < -0.3 is 10.6 Å². The minimum Gasteiger partial charge on any atom is -0.370 e. The summed E-state index contributed by atoms with van der Waals surface area (Å²) in [7, 11) is 3.93. The van der Waals surface area contributed by atoms with E-state index in [2.05, 4.69) is 56.5 Å². The molecule has 0 spiro atoms. The zero-order chi connectivity index (χ0) is 23.3. The first-order chi connectivity index (χ1) is 15.3. The van der Waals surface area contributed by atoms with E-state index in [0.717, 1.165) is 32.8 Å². The fourth-order valence-corrected chi connectivity index (χ4v) is 3.45. The quantitative estimate of drug-likeness (QED) is 0.466.